The highest BCUT2D eigenvalue weighted by molar-refractivity contribution is 5.55. The molecule has 1 fully saturated rings. The molecule has 2 N–H and O–H groups in total. The van der Waals surface area contributed by atoms with E-state index in [0.717, 1.165) is 38.2 Å². The Morgan fingerprint density at radius 3 is 2.60 bits per heavy atom. The summed E-state index contributed by atoms with van der Waals surface area (Å²) in [6.45, 7) is 7.39. The average Bonchev–Trinajstić information content (AvgIpc) is 2.46. The zero-order chi connectivity index (χ0) is 14.7. The smallest absolute Gasteiger partial charge is 0.130 e. The van der Waals surface area contributed by atoms with Gasteiger partial charge in [-0.15, -0.1) is 0 Å². The number of nitrogens with two attached hydrogens (primary N) is 1. The van der Waals surface area contributed by atoms with Crippen molar-refractivity contribution >= 4 is 5.69 Å². The normalized spacial score (nSPS) is 19.1. The molecule has 1 aromatic carbocycles. The van der Waals surface area contributed by atoms with Crippen molar-refractivity contribution < 1.29 is 4.39 Å². The van der Waals surface area contributed by atoms with Crippen LogP contribution in [-0.2, 0) is 0 Å². The van der Waals surface area contributed by atoms with Crippen LogP contribution in [0.3, 0.4) is 0 Å². The molecular weight excluding hydrogens is 253 g/mol. The van der Waals surface area contributed by atoms with Gasteiger partial charge in [0.15, 0.2) is 0 Å². The van der Waals surface area contributed by atoms with Crippen LogP contribution in [0, 0.1) is 5.82 Å². The summed E-state index contributed by atoms with van der Waals surface area (Å²) < 4.78 is 14.0. The van der Waals surface area contributed by atoms with Gasteiger partial charge in [-0.3, -0.25) is 0 Å². The highest BCUT2D eigenvalue weighted by Crippen LogP contribution is 2.30. The first-order valence-electron chi connectivity index (χ1n) is 7.53. The van der Waals surface area contributed by atoms with Crippen LogP contribution in [0.2, 0.25) is 0 Å². The number of halogens is 1. The largest absolute Gasteiger partial charge is 0.371 e. The summed E-state index contributed by atoms with van der Waals surface area (Å²) in [6.07, 6.45) is 2.25. The predicted molar refractivity (Wildman–Crippen MR) is 82.5 cm³/mol. The minimum Gasteiger partial charge on any atom is -0.371 e. The Bertz CT molecular complexity index is 439. The highest BCUT2D eigenvalue weighted by Gasteiger charge is 2.24. The van der Waals surface area contributed by atoms with Crippen molar-refractivity contribution in [2.45, 2.75) is 38.8 Å². The fraction of sp³-hybridized carbons (Fsp3) is 0.625. The summed E-state index contributed by atoms with van der Waals surface area (Å²) in [7, 11) is 2.06. The maximum Gasteiger partial charge on any atom is 0.130 e. The highest BCUT2D eigenvalue weighted by atomic mass is 19.1. The van der Waals surface area contributed by atoms with Gasteiger partial charge in [-0.1, -0.05) is 13.0 Å². The lowest BCUT2D eigenvalue weighted by molar-refractivity contribution is 0.220. The van der Waals surface area contributed by atoms with Gasteiger partial charge in [0.1, 0.15) is 5.82 Å². The van der Waals surface area contributed by atoms with Gasteiger partial charge in [0.05, 0.1) is 0 Å². The van der Waals surface area contributed by atoms with Crippen molar-refractivity contribution in [3.05, 3.63) is 29.6 Å². The molecule has 2 rings (SSSR count). The molecule has 1 atom stereocenters. The first kappa shape index (κ1) is 15.3. The van der Waals surface area contributed by atoms with E-state index in [2.05, 4.69) is 23.8 Å². The van der Waals surface area contributed by atoms with Gasteiger partial charge in [0.2, 0.25) is 0 Å². The number of nitrogens with zero attached hydrogens (tertiary/aromatic N) is 2. The van der Waals surface area contributed by atoms with Crippen LogP contribution in [0.15, 0.2) is 18.2 Å². The molecule has 0 saturated carbocycles. The summed E-state index contributed by atoms with van der Waals surface area (Å²) in [5.74, 6) is -0.199. The molecule has 112 valence electrons. The number of likely N-dealkylation sites (tertiary alicyclic amines) is 1. The van der Waals surface area contributed by atoms with Gasteiger partial charge in [0, 0.05) is 43.5 Å². The van der Waals surface area contributed by atoms with Crippen LogP contribution in [0.25, 0.3) is 0 Å². The van der Waals surface area contributed by atoms with Crippen molar-refractivity contribution in [2.75, 3.05) is 31.6 Å². The average molecular weight is 279 g/mol. The molecule has 1 aliphatic heterocycles. The molecule has 20 heavy (non-hydrogen) atoms. The molecule has 0 unspecified atom stereocenters. The third-order valence-corrected chi connectivity index (χ3v) is 4.42. The van der Waals surface area contributed by atoms with Gasteiger partial charge in [-0.05, 0) is 38.4 Å². The van der Waals surface area contributed by atoms with E-state index in [1.54, 1.807) is 6.07 Å². The van der Waals surface area contributed by atoms with Crippen LogP contribution in [0.1, 0.15) is 38.3 Å². The Labute approximate surface area is 121 Å². The second kappa shape index (κ2) is 6.55. The Kier molecular flexibility index (Phi) is 5.00. The fourth-order valence-corrected chi connectivity index (χ4v) is 3.10. The van der Waals surface area contributed by atoms with E-state index in [-0.39, 0.29) is 11.9 Å². The van der Waals surface area contributed by atoms with Crippen molar-refractivity contribution in [1.29, 1.82) is 0 Å². The molecule has 1 saturated heterocycles. The number of hydrogen-bond acceptors (Lipinski definition) is 3. The summed E-state index contributed by atoms with van der Waals surface area (Å²) in [6, 6.07) is 5.43. The zero-order valence-electron chi connectivity index (χ0n) is 12.8. The third kappa shape index (κ3) is 3.13. The predicted octanol–water partition coefficient (Wildman–Crippen LogP) is 2.77. The van der Waals surface area contributed by atoms with E-state index in [4.69, 9.17) is 5.73 Å². The van der Waals surface area contributed by atoms with Crippen LogP contribution >= 0.6 is 0 Å². The van der Waals surface area contributed by atoms with E-state index >= 15 is 0 Å². The van der Waals surface area contributed by atoms with Gasteiger partial charge < -0.3 is 15.5 Å². The monoisotopic (exact) mass is 279 g/mol. The van der Waals surface area contributed by atoms with Crippen LogP contribution < -0.4 is 10.6 Å². The maximum atomic E-state index is 14.0. The minimum absolute atomic E-state index is 0.199. The lowest BCUT2D eigenvalue weighted by Crippen LogP contribution is -2.43. The fourth-order valence-electron chi connectivity index (χ4n) is 3.10. The molecule has 0 bridgehead atoms. The Balaban J connectivity index is 2.17. The molecule has 4 heteroatoms. The summed E-state index contributed by atoms with van der Waals surface area (Å²) in [5, 5.41) is 0. The summed E-state index contributed by atoms with van der Waals surface area (Å²) >= 11 is 0. The van der Waals surface area contributed by atoms with Gasteiger partial charge >= 0.3 is 0 Å². The molecule has 0 aliphatic carbocycles. The van der Waals surface area contributed by atoms with Crippen molar-refractivity contribution in [2.24, 2.45) is 5.73 Å². The van der Waals surface area contributed by atoms with E-state index in [1.807, 2.05) is 13.0 Å². The number of hydrogen-bond donors (Lipinski definition) is 1. The first-order valence-corrected chi connectivity index (χ1v) is 7.53. The number of piperidine rings is 1. The SMILES string of the molecule is CCN1CCC(N(C)c2cccc(F)c2[C@H](C)N)CC1. The molecule has 3 nitrogen and oxygen atoms in total. The molecule has 1 heterocycles. The van der Waals surface area contributed by atoms with Crippen molar-refractivity contribution in [3.8, 4) is 0 Å². The lowest BCUT2D eigenvalue weighted by Gasteiger charge is -2.38. The quantitative estimate of drug-likeness (QED) is 0.920. The van der Waals surface area contributed by atoms with E-state index < -0.39 is 0 Å². The Hall–Kier alpha value is -1.13. The van der Waals surface area contributed by atoms with E-state index in [9.17, 15) is 4.39 Å². The van der Waals surface area contributed by atoms with E-state index in [1.165, 1.54) is 6.07 Å². The molecule has 0 spiro atoms. The third-order valence-electron chi connectivity index (χ3n) is 4.42. The second-order valence-electron chi connectivity index (χ2n) is 5.74. The molecule has 1 aromatic rings. The lowest BCUT2D eigenvalue weighted by atomic mass is 9.99. The molecule has 0 aromatic heterocycles. The topological polar surface area (TPSA) is 32.5 Å². The van der Waals surface area contributed by atoms with Crippen LogP contribution in [-0.4, -0.2) is 37.6 Å². The van der Waals surface area contributed by atoms with Gasteiger partial charge in [-0.2, -0.15) is 0 Å². The molecule has 0 amide bonds. The standard InChI is InChI=1S/C16H26FN3/c1-4-20-10-8-13(9-11-20)19(3)15-7-5-6-14(17)16(15)12(2)18/h5-7,12-13H,4,8-11,18H2,1-3H3/t12-/m0/s1. The van der Waals surface area contributed by atoms with Crippen molar-refractivity contribution in [1.82, 2.24) is 4.90 Å². The number of rotatable bonds is 4. The number of anilines is 1. The van der Waals surface area contributed by atoms with Crippen molar-refractivity contribution in [3.63, 3.8) is 0 Å². The molecular formula is C16H26FN3. The maximum absolute atomic E-state index is 14.0. The zero-order valence-corrected chi connectivity index (χ0v) is 12.8. The van der Waals surface area contributed by atoms with E-state index in [0.29, 0.717) is 11.6 Å². The van der Waals surface area contributed by atoms with Gasteiger partial charge in [-0.25, -0.2) is 4.39 Å². The number of benzene rings is 1. The molecule has 1 aliphatic rings. The summed E-state index contributed by atoms with van der Waals surface area (Å²) in [4.78, 5) is 4.68. The van der Waals surface area contributed by atoms with Crippen LogP contribution in [0.4, 0.5) is 10.1 Å². The molecule has 0 radical (unpaired) electrons. The van der Waals surface area contributed by atoms with Gasteiger partial charge in [0.25, 0.3) is 0 Å². The van der Waals surface area contributed by atoms with Crippen LogP contribution in [0.5, 0.6) is 0 Å². The summed E-state index contributed by atoms with van der Waals surface area (Å²) in [5.41, 5.74) is 7.52. The second-order valence-corrected chi connectivity index (χ2v) is 5.74. The first-order chi connectivity index (χ1) is 9.54. The minimum atomic E-state index is -0.288. The Morgan fingerprint density at radius 1 is 1.40 bits per heavy atom. The Morgan fingerprint density at radius 2 is 2.05 bits per heavy atom.